The molecule has 2 fully saturated rings. The van der Waals surface area contributed by atoms with Gasteiger partial charge in [0.25, 0.3) is 0 Å². The Labute approximate surface area is 163 Å². The third-order valence-electron chi connectivity index (χ3n) is 5.05. The van der Waals surface area contributed by atoms with Gasteiger partial charge in [-0.3, -0.25) is 4.79 Å². The summed E-state index contributed by atoms with van der Waals surface area (Å²) >= 11 is 0. The molecular weight excluding hydrogens is 382 g/mol. The van der Waals surface area contributed by atoms with Crippen molar-refractivity contribution in [2.45, 2.75) is 43.5 Å². The molecule has 1 aliphatic carbocycles. The minimum Gasteiger partial charge on any atom is -0.465 e. The second kappa shape index (κ2) is 7.56. The number of nitrogens with zero attached hydrogens (tertiary/aromatic N) is 2. The van der Waals surface area contributed by atoms with E-state index in [0.29, 0.717) is 30.8 Å². The fourth-order valence-corrected chi connectivity index (χ4v) is 5.17. The first-order valence-corrected chi connectivity index (χ1v) is 10.9. The molecule has 9 heteroatoms. The molecule has 0 bridgehead atoms. The van der Waals surface area contributed by atoms with E-state index in [1.807, 2.05) is 0 Å². The van der Waals surface area contributed by atoms with Crippen LogP contribution in [0.4, 0.5) is 0 Å². The van der Waals surface area contributed by atoms with Crippen LogP contribution in [0.5, 0.6) is 0 Å². The van der Waals surface area contributed by atoms with Gasteiger partial charge < -0.3 is 14.3 Å². The molecule has 2 aliphatic rings. The summed E-state index contributed by atoms with van der Waals surface area (Å²) in [6.07, 6.45) is 8.04. The van der Waals surface area contributed by atoms with Gasteiger partial charge in [-0.15, -0.1) is 0 Å². The van der Waals surface area contributed by atoms with Gasteiger partial charge in [-0.2, -0.15) is 4.31 Å². The van der Waals surface area contributed by atoms with Gasteiger partial charge in [0.15, 0.2) is 10.7 Å². The highest BCUT2D eigenvalue weighted by molar-refractivity contribution is 7.89. The number of aromatic nitrogens is 1. The molecule has 150 valence electrons. The van der Waals surface area contributed by atoms with Crippen LogP contribution >= 0.6 is 0 Å². The molecule has 1 aliphatic heterocycles. The molecule has 3 heterocycles. The topological polar surface area (TPSA) is 106 Å². The van der Waals surface area contributed by atoms with Crippen molar-refractivity contribution in [1.29, 1.82) is 0 Å². The average molecular weight is 405 g/mol. The van der Waals surface area contributed by atoms with Crippen LogP contribution in [0, 0.1) is 12.8 Å². The molecule has 2 aromatic rings. The van der Waals surface area contributed by atoms with Gasteiger partial charge in [-0.05, 0) is 56.9 Å². The van der Waals surface area contributed by atoms with Crippen molar-refractivity contribution in [3.05, 3.63) is 35.6 Å². The van der Waals surface area contributed by atoms with Gasteiger partial charge in [-0.1, -0.05) is 5.16 Å². The number of hydrogen-bond acceptors (Lipinski definition) is 6. The highest BCUT2D eigenvalue weighted by Gasteiger charge is 2.37. The van der Waals surface area contributed by atoms with Crippen LogP contribution in [0.25, 0.3) is 12.2 Å². The number of piperidine rings is 1. The van der Waals surface area contributed by atoms with Crippen LogP contribution < -0.4 is 5.32 Å². The first-order valence-electron chi connectivity index (χ1n) is 9.43. The molecule has 0 aromatic carbocycles. The molecule has 1 saturated heterocycles. The summed E-state index contributed by atoms with van der Waals surface area (Å²) in [5, 5.41) is 6.81. The SMILES string of the molecule is Cc1noc(/C=C/c2ccco2)c1S(=O)(=O)N1CCCC(C(=O)NC2CC2)C1. The summed E-state index contributed by atoms with van der Waals surface area (Å²) < 4.78 is 38.4. The van der Waals surface area contributed by atoms with E-state index in [4.69, 9.17) is 8.94 Å². The van der Waals surface area contributed by atoms with Crippen molar-refractivity contribution in [3.63, 3.8) is 0 Å². The first kappa shape index (κ1) is 18.9. The lowest BCUT2D eigenvalue weighted by atomic mass is 9.99. The van der Waals surface area contributed by atoms with Crippen molar-refractivity contribution in [1.82, 2.24) is 14.8 Å². The Bertz CT molecular complexity index is 973. The normalized spacial score (nSPS) is 21.2. The third-order valence-corrected chi connectivity index (χ3v) is 7.08. The smallest absolute Gasteiger partial charge is 0.248 e. The predicted molar refractivity (Wildman–Crippen MR) is 102 cm³/mol. The third kappa shape index (κ3) is 3.90. The summed E-state index contributed by atoms with van der Waals surface area (Å²) in [7, 11) is -3.84. The Morgan fingerprint density at radius 3 is 2.86 bits per heavy atom. The number of rotatable bonds is 6. The number of amides is 1. The molecular formula is C19H23N3O5S. The predicted octanol–water partition coefficient (Wildman–Crippen LogP) is 2.43. The fourth-order valence-electron chi connectivity index (χ4n) is 3.39. The van der Waals surface area contributed by atoms with Crippen LogP contribution in [0.1, 0.15) is 42.9 Å². The highest BCUT2D eigenvalue weighted by atomic mass is 32.2. The lowest BCUT2D eigenvalue weighted by Crippen LogP contribution is -2.46. The molecule has 0 radical (unpaired) electrons. The number of carbonyl (C=O) groups excluding carboxylic acids is 1. The van der Waals surface area contributed by atoms with Crippen LogP contribution in [-0.2, 0) is 14.8 Å². The lowest BCUT2D eigenvalue weighted by molar-refractivity contribution is -0.126. The molecule has 28 heavy (non-hydrogen) atoms. The zero-order chi connectivity index (χ0) is 19.7. The number of carbonyl (C=O) groups is 1. The van der Waals surface area contributed by atoms with Crippen LogP contribution in [0.3, 0.4) is 0 Å². The molecule has 0 spiro atoms. The van der Waals surface area contributed by atoms with Gasteiger partial charge >= 0.3 is 0 Å². The molecule has 1 N–H and O–H groups in total. The van der Waals surface area contributed by atoms with Crippen molar-refractivity contribution in [2.24, 2.45) is 5.92 Å². The van der Waals surface area contributed by atoms with Gasteiger partial charge in [0.05, 0.1) is 12.2 Å². The van der Waals surface area contributed by atoms with E-state index in [2.05, 4.69) is 10.5 Å². The fraction of sp³-hybridized carbons (Fsp3) is 0.474. The Morgan fingerprint density at radius 1 is 1.32 bits per heavy atom. The van der Waals surface area contributed by atoms with Gasteiger partial charge in [0, 0.05) is 19.1 Å². The number of nitrogens with one attached hydrogen (secondary N) is 1. The molecule has 2 aromatic heterocycles. The largest absolute Gasteiger partial charge is 0.465 e. The monoisotopic (exact) mass is 405 g/mol. The van der Waals surface area contributed by atoms with Crippen LogP contribution in [0.15, 0.2) is 32.2 Å². The molecule has 4 rings (SSSR count). The maximum atomic E-state index is 13.3. The summed E-state index contributed by atoms with van der Waals surface area (Å²) in [5.74, 6) is 0.347. The number of furan rings is 1. The highest BCUT2D eigenvalue weighted by Crippen LogP contribution is 2.30. The first-order chi connectivity index (χ1) is 13.4. The van der Waals surface area contributed by atoms with Crippen molar-refractivity contribution < 1.29 is 22.2 Å². The number of hydrogen-bond donors (Lipinski definition) is 1. The minimum absolute atomic E-state index is 0.0403. The number of sulfonamides is 1. The Balaban J connectivity index is 1.55. The molecule has 1 saturated carbocycles. The minimum atomic E-state index is -3.84. The molecule has 1 amide bonds. The maximum absolute atomic E-state index is 13.3. The Morgan fingerprint density at radius 2 is 2.14 bits per heavy atom. The van der Waals surface area contributed by atoms with E-state index >= 15 is 0 Å². The van der Waals surface area contributed by atoms with Crippen molar-refractivity contribution >= 4 is 28.1 Å². The lowest BCUT2D eigenvalue weighted by Gasteiger charge is -2.31. The summed E-state index contributed by atoms with van der Waals surface area (Å²) in [5.41, 5.74) is 0.295. The van der Waals surface area contributed by atoms with E-state index in [1.54, 1.807) is 25.1 Å². The van der Waals surface area contributed by atoms with Crippen molar-refractivity contribution in [3.8, 4) is 0 Å². The second-order valence-electron chi connectivity index (χ2n) is 7.30. The second-order valence-corrected chi connectivity index (χ2v) is 9.17. The zero-order valence-corrected chi connectivity index (χ0v) is 16.4. The van der Waals surface area contributed by atoms with E-state index in [-0.39, 0.29) is 35.1 Å². The quantitative estimate of drug-likeness (QED) is 0.791. The Kier molecular flexibility index (Phi) is 5.11. The standard InChI is InChI=1S/C19H23N3O5S/c1-13-18(17(27-21-13)9-8-16-5-3-11-26-16)28(24,25)22-10-2-4-14(12-22)19(23)20-15-6-7-15/h3,5,8-9,11,14-15H,2,4,6-7,10,12H2,1H3,(H,20,23)/b9-8+. The van der Waals surface area contributed by atoms with Crippen LogP contribution in [0.2, 0.25) is 0 Å². The van der Waals surface area contributed by atoms with Gasteiger partial charge in [0.1, 0.15) is 11.5 Å². The van der Waals surface area contributed by atoms with Crippen molar-refractivity contribution in [2.75, 3.05) is 13.1 Å². The van der Waals surface area contributed by atoms with E-state index < -0.39 is 10.0 Å². The summed E-state index contributed by atoms with van der Waals surface area (Å²) in [6.45, 7) is 2.15. The van der Waals surface area contributed by atoms with E-state index in [9.17, 15) is 13.2 Å². The average Bonchev–Trinajstić information content (AvgIpc) is 3.18. The van der Waals surface area contributed by atoms with Gasteiger partial charge in [0.2, 0.25) is 15.9 Å². The molecule has 1 atom stereocenters. The summed E-state index contributed by atoms with van der Waals surface area (Å²) in [4.78, 5) is 12.4. The zero-order valence-electron chi connectivity index (χ0n) is 15.6. The summed E-state index contributed by atoms with van der Waals surface area (Å²) in [6, 6.07) is 3.75. The van der Waals surface area contributed by atoms with Gasteiger partial charge in [-0.25, -0.2) is 8.42 Å². The molecule has 8 nitrogen and oxygen atoms in total. The van der Waals surface area contributed by atoms with Crippen LogP contribution in [-0.4, -0.2) is 42.9 Å². The van der Waals surface area contributed by atoms with E-state index in [1.165, 1.54) is 16.6 Å². The maximum Gasteiger partial charge on any atom is 0.248 e. The Hall–Kier alpha value is -2.39. The molecule has 1 unspecified atom stereocenters. The van der Waals surface area contributed by atoms with E-state index in [0.717, 1.165) is 12.8 Å². The number of aryl methyl sites for hydroxylation is 1.